The number of hydrogen-bond donors (Lipinski definition) is 1. The first kappa shape index (κ1) is 15.1. The SMILES string of the molecule is Cc1ccc(C(CN)Oc2ccc(Br)cc2C(C)C)o1. The van der Waals surface area contributed by atoms with Crippen LogP contribution < -0.4 is 10.5 Å². The Morgan fingerprint density at radius 2 is 2.00 bits per heavy atom. The fourth-order valence-corrected chi connectivity index (χ4v) is 2.46. The predicted molar refractivity (Wildman–Crippen MR) is 84.1 cm³/mol. The molecule has 4 heteroatoms. The smallest absolute Gasteiger partial charge is 0.168 e. The molecule has 1 atom stereocenters. The molecule has 2 aromatic rings. The van der Waals surface area contributed by atoms with Gasteiger partial charge in [-0.25, -0.2) is 0 Å². The van der Waals surface area contributed by atoms with E-state index in [4.69, 9.17) is 14.9 Å². The first-order valence-corrected chi connectivity index (χ1v) is 7.53. The van der Waals surface area contributed by atoms with Crippen molar-refractivity contribution in [2.75, 3.05) is 6.54 Å². The number of aryl methyl sites for hydroxylation is 1. The standard InChI is InChI=1S/C16H20BrNO2/c1-10(2)13-8-12(17)5-7-14(13)20-16(9-18)15-6-4-11(3)19-15/h4-8,10,16H,9,18H2,1-3H3. The van der Waals surface area contributed by atoms with E-state index in [0.717, 1.165) is 27.3 Å². The van der Waals surface area contributed by atoms with Gasteiger partial charge in [0, 0.05) is 11.0 Å². The van der Waals surface area contributed by atoms with E-state index in [-0.39, 0.29) is 6.10 Å². The number of ether oxygens (including phenoxy) is 1. The summed E-state index contributed by atoms with van der Waals surface area (Å²) in [6.45, 7) is 6.57. The topological polar surface area (TPSA) is 48.4 Å². The highest BCUT2D eigenvalue weighted by atomic mass is 79.9. The lowest BCUT2D eigenvalue weighted by atomic mass is 10.0. The molecule has 0 amide bonds. The quantitative estimate of drug-likeness (QED) is 0.870. The summed E-state index contributed by atoms with van der Waals surface area (Å²) in [4.78, 5) is 0. The van der Waals surface area contributed by atoms with Crippen LogP contribution in [0.2, 0.25) is 0 Å². The average molecular weight is 338 g/mol. The third kappa shape index (κ3) is 3.44. The fourth-order valence-electron chi connectivity index (χ4n) is 2.08. The van der Waals surface area contributed by atoms with Crippen LogP contribution in [-0.4, -0.2) is 6.54 Å². The Labute approximate surface area is 128 Å². The zero-order chi connectivity index (χ0) is 14.7. The maximum Gasteiger partial charge on any atom is 0.168 e. The van der Waals surface area contributed by atoms with Gasteiger partial charge in [-0.2, -0.15) is 0 Å². The molecule has 1 aromatic carbocycles. The molecular formula is C16H20BrNO2. The Morgan fingerprint density at radius 1 is 1.25 bits per heavy atom. The minimum Gasteiger partial charge on any atom is -0.481 e. The molecule has 1 aromatic heterocycles. The maximum atomic E-state index is 6.07. The molecule has 0 spiro atoms. The minimum absolute atomic E-state index is 0.262. The summed E-state index contributed by atoms with van der Waals surface area (Å²) in [6.07, 6.45) is -0.262. The second-order valence-electron chi connectivity index (χ2n) is 5.13. The molecule has 108 valence electrons. The van der Waals surface area contributed by atoms with Crippen LogP contribution in [0, 0.1) is 6.92 Å². The second kappa shape index (κ2) is 6.46. The molecule has 0 aliphatic heterocycles. The van der Waals surface area contributed by atoms with E-state index in [1.54, 1.807) is 0 Å². The summed E-state index contributed by atoms with van der Waals surface area (Å²) in [7, 11) is 0. The first-order valence-electron chi connectivity index (χ1n) is 6.73. The summed E-state index contributed by atoms with van der Waals surface area (Å²) < 4.78 is 12.7. The number of halogens is 1. The maximum absolute atomic E-state index is 6.07. The third-order valence-corrected chi connectivity index (χ3v) is 3.65. The first-order chi connectivity index (χ1) is 9.51. The molecule has 20 heavy (non-hydrogen) atoms. The average Bonchev–Trinajstić information content (AvgIpc) is 2.83. The van der Waals surface area contributed by atoms with Crippen molar-refractivity contribution in [2.45, 2.75) is 32.8 Å². The van der Waals surface area contributed by atoms with Gasteiger partial charge in [0.2, 0.25) is 0 Å². The monoisotopic (exact) mass is 337 g/mol. The van der Waals surface area contributed by atoms with Gasteiger partial charge in [0.05, 0.1) is 0 Å². The number of furan rings is 1. The van der Waals surface area contributed by atoms with Crippen molar-refractivity contribution in [1.82, 2.24) is 0 Å². The van der Waals surface area contributed by atoms with Gasteiger partial charge >= 0.3 is 0 Å². The van der Waals surface area contributed by atoms with E-state index in [2.05, 4.69) is 35.8 Å². The molecule has 0 saturated carbocycles. The lowest BCUT2D eigenvalue weighted by molar-refractivity contribution is 0.180. The van der Waals surface area contributed by atoms with Crippen LogP contribution in [0.5, 0.6) is 5.75 Å². The Kier molecular flexibility index (Phi) is 4.89. The lowest BCUT2D eigenvalue weighted by Gasteiger charge is -2.19. The van der Waals surface area contributed by atoms with Gasteiger partial charge in [-0.05, 0) is 48.7 Å². The number of benzene rings is 1. The molecule has 0 fully saturated rings. The van der Waals surface area contributed by atoms with Crippen LogP contribution in [0.1, 0.15) is 43.0 Å². The second-order valence-corrected chi connectivity index (χ2v) is 6.04. The van der Waals surface area contributed by atoms with Crippen molar-refractivity contribution in [1.29, 1.82) is 0 Å². The fraction of sp³-hybridized carbons (Fsp3) is 0.375. The Balaban J connectivity index is 2.28. The van der Waals surface area contributed by atoms with Crippen molar-refractivity contribution in [3.63, 3.8) is 0 Å². The molecule has 0 bridgehead atoms. The highest BCUT2D eigenvalue weighted by Crippen LogP contribution is 2.32. The van der Waals surface area contributed by atoms with E-state index < -0.39 is 0 Å². The van der Waals surface area contributed by atoms with Crippen LogP contribution in [0.25, 0.3) is 0 Å². The summed E-state index contributed by atoms with van der Waals surface area (Å²) >= 11 is 3.50. The van der Waals surface area contributed by atoms with Gasteiger partial charge in [0.25, 0.3) is 0 Å². The van der Waals surface area contributed by atoms with E-state index >= 15 is 0 Å². The minimum atomic E-state index is -0.262. The zero-order valence-corrected chi connectivity index (χ0v) is 13.6. The third-order valence-electron chi connectivity index (χ3n) is 3.16. The number of nitrogens with two attached hydrogens (primary N) is 1. The molecule has 2 N–H and O–H groups in total. The highest BCUT2D eigenvalue weighted by Gasteiger charge is 2.18. The van der Waals surface area contributed by atoms with E-state index in [1.165, 1.54) is 0 Å². The Bertz CT molecular complexity index is 578. The van der Waals surface area contributed by atoms with Crippen molar-refractivity contribution in [2.24, 2.45) is 5.73 Å². The van der Waals surface area contributed by atoms with E-state index in [9.17, 15) is 0 Å². The molecular weight excluding hydrogens is 318 g/mol. The Hall–Kier alpha value is -1.26. The molecule has 3 nitrogen and oxygen atoms in total. The van der Waals surface area contributed by atoms with Gasteiger partial charge in [0.15, 0.2) is 6.10 Å². The normalized spacial score (nSPS) is 12.7. The summed E-state index contributed by atoms with van der Waals surface area (Å²) in [5.41, 5.74) is 6.98. The lowest BCUT2D eigenvalue weighted by Crippen LogP contribution is -2.18. The summed E-state index contributed by atoms with van der Waals surface area (Å²) in [5.74, 6) is 2.86. The van der Waals surface area contributed by atoms with Gasteiger partial charge < -0.3 is 14.9 Å². The van der Waals surface area contributed by atoms with Crippen LogP contribution in [0.4, 0.5) is 0 Å². The van der Waals surface area contributed by atoms with Crippen molar-refractivity contribution in [3.8, 4) is 5.75 Å². The molecule has 1 heterocycles. The number of hydrogen-bond acceptors (Lipinski definition) is 3. The highest BCUT2D eigenvalue weighted by molar-refractivity contribution is 9.10. The molecule has 2 rings (SSSR count). The largest absolute Gasteiger partial charge is 0.481 e. The van der Waals surface area contributed by atoms with Crippen LogP contribution in [-0.2, 0) is 0 Å². The van der Waals surface area contributed by atoms with Gasteiger partial charge in [-0.3, -0.25) is 0 Å². The molecule has 0 saturated heterocycles. The molecule has 0 radical (unpaired) electrons. The molecule has 0 aliphatic carbocycles. The van der Waals surface area contributed by atoms with Gasteiger partial charge in [-0.1, -0.05) is 29.8 Å². The van der Waals surface area contributed by atoms with Crippen molar-refractivity contribution >= 4 is 15.9 Å². The number of rotatable bonds is 5. The van der Waals surface area contributed by atoms with E-state index in [1.807, 2.05) is 31.2 Å². The van der Waals surface area contributed by atoms with Crippen molar-refractivity contribution in [3.05, 3.63) is 51.9 Å². The Morgan fingerprint density at radius 3 is 2.55 bits per heavy atom. The van der Waals surface area contributed by atoms with E-state index in [0.29, 0.717) is 12.5 Å². The summed E-state index contributed by atoms with van der Waals surface area (Å²) in [6, 6.07) is 9.87. The molecule has 1 unspecified atom stereocenters. The predicted octanol–water partition coefficient (Wildman–Crippen LogP) is 4.55. The molecule has 0 aliphatic rings. The van der Waals surface area contributed by atoms with Gasteiger partial charge in [0.1, 0.15) is 17.3 Å². The van der Waals surface area contributed by atoms with Crippen molar-refractivity contribution < 1.29 is 9.15 Å². The van der Waals surface area contributed by atoms with Gasteiger partial charge in [-0.15, -0.1) is 0 Å². The summed E-state index contributed by atoms with van der Waals surface area (Å²) in [5, 5.41) is 0. The van der Waals surface area contributed by atoms with Crippen LogP contribution in [0.3, 0.4) is 0 Å². The van der Waals surface area contributed by atoms with Crippen LogP contribution >= 0.6 is 15.9 Å². The van der Waals surface area contributed by atoms with Crippen LogP contribution in [0.15, 0.2) is 39.2 Å². The zero-order valence-electron chi connectivity index (χ0n) is 12.0.